The molecule has 1 unspecified atom stereocenters. The van der Waals surface area contributed by atoms with Crippen molar-refractivity contribution < 1.29 is 13.9 Å². The van der Waals surface area contributed by atoms with Gasteiger partial charge < -0.3 is 13.9 Å². The van der Waals surface area contributed by atoms with E-state index in [1.165, 1.54) is 24.3 Å². The van der Waals surface area contributed by atoms with Gasteiger partial charge in [0.2, 0.25) is 11.8 Å². The van der Waals surface area contributed by atoms with E-state index in [9.17, 15) is 0 Å². The highest BCUT2D eigenvalue weighted by molar-refractivity contribution is 8.00. The van der Waals surface area contributed by atoms with Crippen LogP contribution in [0.4, 0.5) is 5.95 Å². The molecule has 0 aliphatic rings. The number of anilines is 1. The fourth-order valence-electron chi connectivity index (χ4n) is 3.28. The van der Waals surface area contributed by atoms with E-state index >= 15 is 0 Å². The number of ether oxygens (including phenoxy) is 2. The summed E-state index contributed by atoms with van der Waals surface area (Å²) in [6, 6.07) is 11.3. The highest BCUT2D eigenvalue weighted by Crippen LogP contribution is 2.38. The minimum Gasteiger partial charge on any atom is -0.494 e. The summed E-state index contributed by atoms with van der Waals surface area (Å²) in [7, 11) is 3.20. The van der Waals surface area contributed by atoms with Crippen molar-refractivity contribution in [1.82, 2.24) is 24.7 Å². The highest BCUT2D eigenvalue weighted by atomic mass is 32.2. The first kappa shape index (κ1) is 23.1. The molecule has 0 bridgehead atoms. The van der Waals surface area contributed by atoms with Crippen molar-refractivity contribution >= 4 is 17.9 Å². The van der Waals surface area contributed by atoms with E-state index in [1.807, 2.05) is 54.8 Å². The Kier molecular flexibility index (Phi) is 6.98. The van der Waals surface area contributed by atoms with Gasteiger partial charge in [0.15, 0.2) is 5.76 Å². The van der Waals surface area contributed by atoms with Gasteiger partial charge in [-0.15, -0.1) is 10.2 Å². The van der Waals surface area contributed by atoms with Crippen molar-refractivity contribution in [3.8, 4) is 34.8 Å². The third-order valence-corrected chi connectivity index (χ3v) is 5.98. The molecule has 0 fully saturated rings. The van der Waals surface area contributed by atoms with Gasteiger partial charge in [-0.1, -0.05) is 13.0 Å². The first-order chi connectivity index (χ1) is 16.5. The molecule has 0 amide bonds. The molecular formula is C23H23N7O3S. The zero-order valence-electron chi connectivity index (χ0n) is 19.1. The second-order valence-corrected chi connectivity index (χ2v) is 8.19. The number of aromatic nitrogens is 5. The van der Waals surface area contributed by atoms with Crippen molar-refractivity contribution in [2.45, 2.75) is 19.8 Å². The molecule has 0 aliphatic carbocycles. The van der Waals surface area contributed by atoms with Crippen LogP contribution in [0.25, 0.3) is 17.3 Å². The number of furan rings is 1. The Morgan fingerprint density at radius 3 is 2.41 bits per heavy atom. The summed E-state index contributed by atoms with van der Waals surface area (Å²) in [6.45, 7) is 3.89. The number of nitrogens with one attached hydrogen (secondary N) is 1. The van der Waals surface area contributed by atoms with Crippen LogP contribution in [-0.4, -0.2) is 44.7 Å². The summed E-state index contributed by atoms with van der Waals surface area (Å²) in [5.41, 5.74) is 1.08. The average Bonchev–Trinajstić information content (AvgIpc) is 3.49. The molecule has 0 saturated carbocycles. The largest absolute Gasteiger partial charge is 0.494 e. The predicted octanol–water partition coefficient (Wildman–Crippen LogP) is 4.38. The molecule has 4 aromatic rings. The van der Waals surface area contributed by atoms with Crippen LogP contribution in [0.3, 0.4) is 0 Å². The molecular weight excluding hydrogens is 454 g/mol. The monoisotopic (exact) mass is 477 g/mol. The van der Waals surface area contributed by atoms with Gasteiger partial charge in [-0.3, -0.25) is 9.29 Å². The molecule has 1 aromatic carbocycles. The number of hydrogen-bond donors (Lipinski definition) is 1. The first-order valence-corrected chi connectivity index (χ1v) is 11.4. The Hall–Kier alpha value is -4.04. The number of rotatable bonds is 9. The van der Waals surface area contributed by atoms with Crippen molar-refractivity contribution in [2.75, 3.05) is 24.7 Å². The SMILES string of the molecule is COc1cccc(OC)c1-n1c(NSCC(C)c2ncc(C#N)cn2)nnc1-c1ccc(C)o1. The maximum Gasteiger partial charge on any atom is 0.239 e. The summed E-state index contributed by atoms with van der Waals surface area (Å²) < 4.78 is 22.2. The van der Waals surface area contributed by atoms with Gasteiger partial charge in [-0.05, 0) is 43.1 Å². The average molecular weight is 478 g/mol. The molecule has 4 rings (SSSR count). The third kappa shape index (κ3) is 4.67. The summed E-state index contributed by atoms with van der Waals surface area (Å²) in [5, 5.41) is 17.7. The molecule has 3 heterocycles. The number of nitriles is 1. The van der Waals surface area contributed by atoms with Crippen LogP contribution in [-0.2, 0) is 0 Å². The van der Waals surface area contributed by atoms with Gasteiger partial charge in [-0.2, -0.15) is 5.26 Å². The van der Waals surface area contributed by atoms with E-state index in [0.717, 1.165) is 5.76 Å². The van der Waals surface area contributed by atoms with E-state index in [4.69, 9.17) is 19.2 Å². The summed E-state index contributed by atoms with van der Waals surface area (Å²) in [4.78, 5) is 8.56. The Balaban J connectivity index is 1.65. The quantitative estimate of drug-likeness (QED) is 0.347. The van der Waals surface area contributed by atoms with Crippen LogP contribution in [0.1, 0.15) is 30.0 Å². The van der Waals surface area contributed by atoms with E-state index in [-0.39, 0.29) is 5.92 Å². The lowest BCUT2D eigenvalue weighted by Gasteiger charge is -2.17. The van der Waals surface area contributed by atoms with Crippen molar-refractivity contribution in [3.63, 3.8) is 0 Å². The second kappa shape index (κ2) is 10.3. The van der Waals surface area contributed by atoms with Crippen molar-refractivity contribution in [2.24, 2.45) is 0 Å². The maximum atomic E-state index is 8.93. The summed E-state index contributed by atoms with van der Waals surface area (Å²) >= 11 is 1.44. The lowest BCUT2D eigenvalue weighted by molar-refractivity contribution is 0.391. The Morgan fingerprint density at radius 2 is 1.82 bits per heavy atom. The molecule has 1 atom stereocenters. The number of hydrogen-bond acceptors (Lipinski definition) is 10. The molecule has 3 aromatic heterocycles. The van der Waals surface area contributed by atoms with Crippen molar-refractivity contribution in [1.29, 1.82) is 5.26 Å². The predicted molar refractivity (Wildman–Crippen MR) is 128 cm³/mol. The van der Waals surface area contributed by atoms with Crippen LogP contribution in [0.5, 0.6) is 11.5 Å². The lowest BCUT2D eigenvalue weighted by atomic mass is 10.2. The topological polar surface area (TPSA) is 124 Å². The number of benzene rings is 1. The van der Waals surface area contributed by atoms with Gasteiger partial charge in [-0.25, -0.2) is 9.97 Å². The summed E-state index contributed by atoms with van der Waals surface area (Å²) in [6.07, 6.45) is 3.05. The minimum atomic E-state index is 0.0367. The van der Waals surface area contributed by atoms with Crippen LogP contribution < -0.4 is 14.2 Å². The molecule has 11 heteroatoms. The van der Waals surface area contributed by atoms with Gasteiger partial charge in [0.1, 0.15) is 34.8 Å². The van der Waals surface area contributed by atoms with E-state index in [2.05, 4.69) is 24.9 Å². The van der Waals surface area contributed by atoms with E-state index < -0.39 is 0 Å². The number of para-hydroxylation sites is 1. The van der Waals surface area contributed by atoms with E-state index in [1.54, 1.807) is 14.2 Å². The van der Waals surface area contributed by atoms with Crippen LogP contribution >= 0.6 is 11.9 Å². The van der Waals surface area contributed by atoms with Crippen LogP contribution in [0, 0.1) is 18.3 Å². The Labute approximate surface area is 201 Å². The number of methoxy groups -OCH3 is 2. The maximum absolute atomic E-state index is 8.93. The minimum absolute atomic E-state index is 0.0367. The Morgan fingerprint density at radius 1 is 1.12 bits per heavy atom. The fraction of sp³-hybridized carbons (Fsp3) is 0.261. The zero-order chi connectivity index (χ0) is 24.1. The van der Waals surface area contributed by atoms with Gasteiger partial charge >= 0.3 is 0 Å². The fourth-order valence-corrected chi connectivity index (χ4v) is 4.03. The standard InChI is InChI=1S/C23H23N7O3S/c1-14(21-25-11-16(10-24)12-26-21)13-34-29-23-28-27-22(19-9-8-15(2)33-19)30(23)20-17(31-3)6-5-7-18(20)32-4/h5-9,11-12,14H,13H2,1-4H3,(H,28,29). The Bertz CT molecular complexity index is 1290. The second-order valence-electron chi connectivity index (χ2n) is 7.36. The van der Waals surface area contributed by atoms with Crippen LogP contribution in [0.15, 0.2) is 47.1 Å². The third-order valence-electron chi connectivity index (χ3n) is 4.99. The lowest BCUT2D eigenvalue weighted by Crippen LogP contribution is -2.08. The van der Waals surface area contributed by atoms with Crippen molar-refractivity contribution in [3.05, 3.63) is 59.9 Å². The molecule has 0 radical (unpaired) electrons. The first-order valence-electron chi connectivity index (χ1n) is 10.4. The molecule has 174 valence electrons. The van der Waals surface area contributed by atoms with Crippen LogP contribution in [0.2, 0.25) is 0 Å². The van der Waals surface area contributed by atoms with Gasteiger partial charge in [0.05, 0.1) is 19.8 Å². The molecule has 10 nitrogen and oxygen atoms in total. The van der Waals surface area contributed by atoms with Gasteiger partial charge in [0.25, 0.3) is 0 Å². The number of nitrogens with zero attached hydrogens (tertiary/aromatic N) is 6. The molecule has 0 spiro atoms. The summed E-state index contributed by atoms with van der Waals surface area (Å²) in [5.74, 6) is 4.84. The van der Waals surface area contributed by atoms with E-state index in [0.29, 0.717) is 51.9 Å². The van der Waals surface area contributed by atoms with Gasteiger partial charge in [0, 0.05) is 24.1 Å². The smallest absolute Gasteiger partial charge is 0.239 e. The molecule has 34 heavy (non-hydrogen) atoms. The molecule has 1 N–H and O–H groups in total. The number of aryl methyl sites for hydroxylation is 1. The molecule has 0 aliphatic heterocycles. The normalized spacial score (nSPS) is 11.6. The molecule has 0 saturated heterocycles. The zero-order valence-corrected chi connectivity index (χ0v) is 20.0. The highest BCUT2D eigenvalue weighted by Gasteiger charge is 2.24.